The first-order valence-electron chi connectivity index (χ1n) is 7.13. The topological polar surface area (TPSA) is 85.3 Å². The van der Waals surface area contributed by atoms with Gasteiger partial charge in [0.25, 0.3) is 0 Å². The van der Waals surface area contributed by atoms with Crippen LogP contribution in [0.3, 0.4) is 0 Å². The molecule has 3 aromatic rings. The molecule has 5 nitrogen and oxygen atoms in total. The van der Waals surface area contributed by atoms with Crippen LogP contribution in [-0.2, 0) is 4.94 Å². The predicted molar refractivity (Wildman–Crippen MR) is 96.5 cm³/mol. The summed E-state index contributed by atoms with van der Waals surface area (Å²) >= 11 is 0. The summed E-state index contributed by atoms with van der Waals surface area (Å²) in [4.78, 5) is 5.11. The zero-order chi connectivity index (χ0) is 16.3. The van der Waals surface area contributed by atoms with Gasteiger partial charge in [0.1, 0.15) is 0 Å². The van der Waals surface area contributed by atoms with Crippen LogP contribution in [0.4, 0.5) is 22.7 Å². The molecule has 0 heterocycles. The summed E-state index contributed by atoms with van der Waals surface area (Å²) < 4.78 is 0. The average Bonchev–Trinajstić information content (AvgIpc) is 2.60. The maximum atomic E-state index is 5.37. The molecule has 0 spiro atoms. The van der Waals surface area contributed by atoms with Crippen LogP contribution in [-0.4, -0.2) is 0 Å². The Labute approximate surface area is 135 Å². The van der Waals surface area contributed by atoms with Crippen molar-refractivity contribution >= 4 is 22.7 Å². The van der Waals surface area contributed by atoms with Crippen LogP contribution in [0.5, 0.6) is 0 Å². The highest BCUT2D eigenvalue weighted by Crippen LogP contribution is 2.07. The number of rotatable bonds is 4. The van der Waals surface area contributed by atoms with Crippen molar-refractivity contribution in [1.82, 2.24) is 0 Å². The number of anilines is 4. The van der Waals surface area contributed by atoms with E-state index in [1.807, 2.05) is 60.7 Å². The fourth-order valence-electron chi connectivity index (χ4n) is 1.65. The summed E-state index contributed by atoms with van der Waals surface area (Å²) in [6, 6.07) is 26.4. The fraction of sp³-hybridized carbons (Fsp3) is 0. The van der Waals surface area contributed by atoms with Crippen molar-refractivity contribution in [3.05, 3.63) is 84.9 Å². The minimum absolute atomic E-state index is 0.749. The monoisotopic (exact) mass is 308 g/mol. The molecule has 0 unspecified atom stereocenters. The van der Waals surface area contributed by atoms with Gasteiger partial charge in [-0.15, -0.1) is 0 Å². The summed E-state index contributed by atoms with van der Waals surface area (Å²) in [6.45, 7) is 0. The van der Waals surface area contributed by atoms with Gasteiger partial charge in [-0.2, -0.15) is 4.94 Å². The van der Waals surface area contributed by atoms with E-state index < -0.39 is 0 Å². The van der Waals surface area contributed by atoms with E-state index in [4.69, 9.17) is 16.4 Å². The second-order valence-corrected chi connectivity index (χ2v) is 4.70. The van der Waals surface area contributed by atoms with Gasteiger partial charge in [0.15, 0.2) is 0 Å². The molecule has 0 saturated carbocycles. The van der Waals surface area contributed by atoms with E-state index in [-0.39, 0.29) is 0 Å². The second kappa shape index (κ2) is 8.96. The molecule has 0 amide bonds. The number of hydrogen-bond acceptors (Lipinski definition) is 5. The molecule has 0 aromatic heterocycles. The lowest BCUT2D eigenvalue weighted by atomic mass is 10.3. The Balaban J connectivity index is 0.000000203. The van der Waals surface area contributed by atoms with Crippen molar-refractivity contribution < 1.29 is 4.94 Å². The highest BCUT2D eigenvalue weighted by atomic mass is 16.8. The second-order valence-electron chi connectivity index (χ2n) is 4.70. The fourth-order valence-corrected chi connectivity index (χ4v) is 1.65. The summed E-state index contributed by atoms with van der Waals surface area (Å²) in [5, 5.41) is 0. The van der Waals surface area contributed by atoms with Crippen LogP contribution in [0, 0.1) is 0 Å². The first-order valence-corrected chi connectivity index (χ1v) is 7.13. The summed E-state index contributed by atoms with van der Waals surface area (Å²) in [6.07, 6.45) is 0. The molecular formula is C18H20N4O. The van der Waals surface area contributed by atoms with Crippen molar-refractivity contribution in [1.29, 1.82) is 0 Å². The third kappa shape index (κ3) is 6.41. The number of benzene rings is 3. The van der Waals surface area contributed by atoms with Gasteiger partial charge in [-0.05, 0) is 48.5 Å². The first kappa shape index (κ1) is 16.2. The lowest BCUT2D eigenvalue weighted by Crippen LogP contribution is -2.07. The summed E-state index contributed by atoms with van der Waals surface area (Å²) in [5.41, 5.74) is 19.6. The third-order valence-electron chi connectivity index (χ3n) is 2.82. The highest BCUT2D eigenvalue weighted by Gasteiger charge is 1.90. The van der Waals surface area contributed by atoms with E-state index in [0.717, 1.165) is 22.7 Å². The SMILES string of the molecule is Nc1ccc(N)cc1.c1ccc(NONc2ccccc2)cc1. The standard InChI is InChI=1S/C12H12N2O.C6H8N2/c1-3-7-11(8-4-1)13-15-14-12-9-5-2-6-10-12;7-5-1-2-6(8)4-3-5/h1-10,13-14H;1-4H,7-8H2. The van der Waals surface area contributed by atoms with Crippen LogP contribution in [0.15, 0.2) is 84.9 Å². The smallest absolute Gasteiger partial charge is 0.0629 e. The molecule has 0 radical (unpaired) electrons. The van der Waals surface area contributed by atoms with Gasteiger partial charge in [0.05, 0.1) is 11.4 Å². The zero-order valence-electron chi connectivity index (χ0n) is 12.6. The maximum absolute atomic E-state index is 5.37. The highest BCUT2D eigenvalue weighted by molar-refractivity contribution is 5.47. The molecule has 0 atom stereocenters. The predicted octanol–water partition coefficient (Wildman–Crippen LogP) is 3.91. The van der Waals surface area contributed by atoms with E-state index in [9.17, 15) is 0 Å². The molecule has 6 N–H and O–H groups in total. The molecular weight excluding hydrogens is 288 g/mol. The molecule has 0 aliphatic carbocycles. The maximum Gasteiger partial charge on any atom is 0.0629 e. The molecule has 3 rings (SSSR count). The van der Waals surface area contributed by atoms with Crippen LogP contribution in [0.2, 0.25) is 0 Å². The summed E-state index contributed by atoms with van der Waals surface area (Å²) in [7, 11) is 0. The Hall–Kier alpha value is -3.18. The Kier molecular flexibility index (Phi) is 6.31. The number of nitrogen functional groups attached to an aromatic ring is 2. The first-order chi connectivity index (χ1) is 11.2. The quantitative estimate of drug-likeness (QED) is 0.434. The Bertz CT molecular complexity index is 612. The molecule has 23 heavy (non-hydrogen) atoms. The molecule has 0 saturated heterocycles. The van der Waals surface area contributed by atoms with E-state index in [2.05, 4.69) is 11.0 Å². The Morgan fingerprint density at radius 1 is 0.522 bits per heavy atom. The van der Waals surface area contributed by atoms with Crippen molar-refractivity contribution in [3.8, 4) is 0 Å². The lowest BCUT2D eigenvalue weighted by Gasteiger charge is -2.07. The molecule has 3 aromatic carbocycles. The minimum atomic E-state index is 0.749. The molecule has 118 valence electrons. The Morgan fingerprint density at radius 2 is 0.870 bits per heavy atom. The van der Waals surface area contributed by atoms with Gasteiger partial charge < -0.3 is 11.5 Å². The van der Waals surface area contributed by atoms with E-state index in [1.54, 1.807) is 24.3 Å². The van der Waals surface area contributed by atoms with Crippen molar-refractivity contribution in [2.75, 3.05) is 22.4 Å². The van der Waals surface area contributed by atoms with Gasteiger partial charge in [-0.1, -0.05) is 36.4 Å². The van der Waals surface area contributed by atoms with Gasteiger partial charge in [0.2, 0.25) is 0 Å². The third-order valence-corrected chi connectivity index (χ3v) is 2.82. The van der Waals surface area contributed by atoms with Crippen LogP contribution < -0.4 is 22.4 Å². The molecule has 0 fully saturated rings. The van der Waals surface area contributed by atoms with Crippen molar-refractivity contribution in [3.63, 3.8) is 0 Å². The van der Waals surface area contributed by atoms with Crippen molar-refractivity contribution in [2.45, 2.75) is 0 Å². The minimum Gasteiger partial charge on any atom is -0.399 e. The lowest BCUT2D eigenvalue weighted by molar-refractivity contribution is 0.264. The Morgan fingerprint density at radius 3 is 1.22 bits per heavy atom. The van der Waals surface area contributed by atoms with Crippen LogP contribution in [0.1, 0.15) is 0 Å². The van der Waals surface area contributed by atoms with E-state index in [0.29, 0.717) is 0 Å². The van der Waals surface area contributed by atoms with Gasteiger partial charge >= 0.3 is 0 Å². The number of para-hydroxylation sites is 2. The van der Waals surface area contributed by atoms with E-state index in [1.165, 1.54) is 0 Å². The van der Waals surface area contributed by atoms with Gasteiger partial charge in [-0.25, -0.2) is 11.0 Å². The van der Waals surface area contributed by atoms with E-state index >= 15 is 0 Å². The molecule has 0 aliphatic heterocycles. The molecule has 0 bridgehead atoms. The zero-order valence-corrected chi connectivity index (χ0v) is 12.6. The number of hydrogen-bond donors (Lipinski definition) is 4. The number of nitrogens with one attached hydrogen (secondary N) is 2. The van der Waals surface area contributed by atoms with Gasteiger partial charge in [0, 0.05) is 11.4 Å². The van der Waals surface area contributed by atoms with Crippen LogP contribution in [0.25, 0.3) is 0 Å². The summed E-state index contributed by atoms with van der Waals surface area (Å²) in [5.74, 6) is 0. The normalized spacial score (nSPS) is 9.39. The molecule has 0 aliphatic rings. The van der Waals surface area contributed by atoms with Gasteiger partial charge in [-0.3, -0.25) is 0 Å². The largest absolute Gasteiger partial charge is 0.399 e. The number of nitrogens with two attached hydrogens (primary N) is 2. The van der Waals surface area contributed by atoms with Crippen molar-refractivity contribution in [2.24, 2.45) is 0 Å². The average molecular weight is 308 g/mol. The van der Waals surface area contributed by atoms with Crippen LogP contribution >= 0.6 is 0 Å². The molecule has 5 heteroatoms.